The minimum Gasteiger partial charge on any atom is -0.402 e. The molecular formula is C26H38F3N9S. The average Bonchev–Trinajstić information content (AvgIpc) is 3.33. The van der Waals surface area contributed by atoms with Crippen LogP contribution < -0.4 is 16.4 Å². The number of allylic oxidation sites excluding steroid dienone is 1. The Balaban J connectivity index is 0.00000205. The van der Waals surface area contributed by atoms with Gasteiger partial charge in [-0.05, 0) is 55.8 Å². The molecule has 13 heteroatoms. The number of nitrogens with one attached hydrogen (secondary N) is 1. The molecular weight excluding hydrogens is 527 g/mol. The van der Waals surface area contributed by atoms with Crippen LogP contribution in [-0.4, -0.2) is 62.9 Å². The number of aromatic nitrogens is 4. The van der Waals surface area contributed by atoms with Gasteiger partial charge < -0.3 is 21.4 Å². The lowest BCUT2D eigenvalue weighted by Gasteiger charge is -2.41. The Morgan fingerprint density at radius 3 is 2.51 bits per heavy atom. The molecule has 0 spiro atoms. The predicted octanol–water partition coefficient (Wildman–Crippen LogP) is 5.57. The van der Waals surface area contributed by atoms with Gasteiger partial charge in [0, 0.05) is 53.2 Å². The van der Waals surface area contributed by atoms with Gasteiger partial charge in [0.05, 0.1) is 11.0 Å². The number of benzene rings is 1. The van der Waals surface area contributed by atoms with E-state index in [0.717, 1.165) is 32.0 Å². The van der Waals surface area contributed by atoms with Gasteiger partial charge in [0.1, 0.15) is 11.7 Å². The predicted molar refractivity (Wildman–Crippen MR) is 153 cm³/mol. The summed E-state index contributed by atoms with van der Waals surface area (Å²) >= 11 is 1.24. The van der Waals surface area contributed by atoms with Crippen molar-refractivity contribution in [3.05, 3.63) is 41.9 Å². The van der Waals surface area contributed by atoms with E-state index < -0.39 is 12.0 Å². The smallest absolute Gasteiger partial charge is 0.402 e. The van der Waals surface area contributed by atoms with Crippen molar-refractivity contribution in [1.82, 2.24) is 24.8 Å². The van der Waals surface area contributed by atoms with Crippen LogP contribution in [0.5, 0.6) is 0 Å². The van der Waals surface area contributed by atoms with Crippen molar-refractivity contribution in [1.29, 1.82) is 0 Å². The second-order valence-electron chi connectivity index (χ2n) is 9.97. The highest BCUT2D eigenvalue weighted by molar-refractivity contribution is 7.99. The number of imidazole rings is 1. The van der Waals surface area contributed by atoms with Crippen molar-refractivity contribution in [2.24, 2.45) is 16.5 Å². The van der Waals surface area contributed by atoms with Gasteiger partial charge in [0.2, 0.25) is 5.82 Å². The molecule has 0 amide bonds. The normalized spacial score (nSPS) is 18.7. The Labute approximate surface area is 233 Å². The standard InChI is InChI=1S/C26H32F3N9S.3H2/c1-16(30)13-21(31)34-22-15-23(38-11-9-37(10-12-38)17-5-3-2-4-6-17)36-25(35-22)39-18-7-8-19-20(14-18)33-24(32-19)26(27,28)29;;;/h7-8,13-15,17H,2-6,9-12,30H2,1H3,(H,32,33)(H2,31,34,35,36);3*1H. The molecule has 0 atom stereocenters. The summed E-state index contributed by atoms with van der Waals surface area (Å²) in [6.45, 7) is 5.31. The minimum absolute atomic E-state index is 0. The Morgan fingerprint density at radius 2 is 1.82 bits per heavy atom. The number of amidine groups is 1. The van der Waals surface area contributed by atoms with Crippen LogP contribution in [0.4, 0.5) is 24.8 Å². The second kappa shape index (κ2) is 11.4. The van der Waals surface area contributed by atoms with Crippen LogP contribution in [0.3, 0.4) is 0 Å². The molecule has 2 aliphatic rings. The van der Waals surface area contributed by atoms with Crippen molar-refractivity contribution in [2.45, 2.75) is 61.3 Å². The molecule has 1 aliphatic carbocycles. The molecule has 0 unspecified atom stereocenters. The third kappa shape index (κ3) is 6.82. The van der Waals surface area contributed by atoms with E-state index in [9.17, 15) is 13.2 Å². The molecule has 1 saturated heterocycles. The summed E-state index contributed by atoms with van der Waals surface area (Å²) in [5.41, 5.74) is 12.8. The average molecular weight is 566 g/mol. The zero-order valence-electron chi connectivity index (χ0n) is 21.7. The number of hydrogen-bond donors (Lipinski definition) is 3. The number of aromatic amines is 1. The molecule has 9 nitrogen and oxygen atoms in total. The molecule has 214 valence electrons. The molecule has 0 bridgehead atoms. The van der Waals surface area contributed by atoms with Gasteiger partial charge in [-0.15, -0.1) is 0 Å². The van der Waals surface area contributed by atoms with E-state index in [0.29, 0.717) is 27.6 Å². The van der Waals surface area contributed by atoms with E-state index in [4.69, 9.17) is 16.5 Å². The SMILES string of the molecule is CC(N)=CC(N)=Nc1cc(N2CCN(C3CCCCC3)CC2)nc(Sc2ccc3nc(C(F)(F)F)[nH]c3c2)n1.[HH].[HH].[HH]. The Hall–Kier alpha value is -3.32. The van der Waals surface area contributed by atoms with E-state index in [1.807, 2.05) is 0 Å². The van der Waals surface area contributed by atoms with E-state index in [1.54, 1.807) is 37.3 Å². The van der Waals surface area contributed by atoms with E-state index in [2.05, 4.69) is 29.7 Å². The van der Waals surface area contributed by atoms with Gasteiger partial charge in [-0.1, -0.05) is 19.3 Å². The fourth-order valence-corrected chi connectivity index (χ4v) is 5.92. The number of anilines is 1. The monoisotopic (exact) mass is 565 g/mol. The number of H-pyrrole nitrogens is 1. The first-order valence-corrected chi connectivity index (χ1v) is 13.9. The molecule has 2 aromatic heterocycles. The van der Waals surface area contributed by atoms with Gasteiger partial charge >= 0.3 is 6.18 Å². The third-order valence-electron chi connectivity index (χ3n) is 6.96. The number of nitrogens with zero attached hydrogens (tertiary/aromatic N) is 6. The Bertz CT molecular complexity index is 1380. The highest BCUT2D eigenvalue weighted by atomic mass is 32.2. The number of hydrogen-bond acceptors (Lipinski definition) is 8. The summed E-state index contributed by atoms with van der Waals surface area (Å²) in [7, 11) is 0. The molecule has 5 N–H and O–H groups in total. The number of nitrogens with two attached hydrogens (primary N) is 2. The zero-order valence-corrected chi connectivity index (χ0v) is 22.5. The molecule has 3 heterocycles. The van der Waals surface area contributed by atoms with Crippen molar-refractivity contribution in [3.63, 3.8) is 0 Å². The number of halogens is 3. The van der Waals surface area contributed by atoms with Crippen LogP contribution >= 0.6 is 11.8 Å². The molecule has 1 saturated carbocycles. The second-order valence-corrected chi connectivity index (χ2v) is 11.0. The molecule has 1 aliphatic heterocycles. The minimum atomic E-state index is -4.55. The fraction of sp³-hybridized carbons (Fsp3) is 0.462. The first-order valence-electron chi connectivity index (χ1n) is 13.0. The summed E-state index contributed by atoms with van der Waals surface area (Å²) in [6.07, 6.45) is 3.49. The maximum absolute atomic E-state index is 13.1. The van der Waals surface area contributed by atoms with Crippen LogP contribution in [0.25, 0.3) is 11.0 Å². The van der Waals surface area contributed by atoms with Gasteiger partial charge in [-0.2, -0.15) is 13.2 Å². The number of rotatable bonds is 6. The Morgan fingerprint density at radius 1 is 1.08 bits per heavy atom. The van der Waals surface area contributed by atoms with Crippen LogP contribution in [-0.2, 0) is 6.18 Å². The number of piperazine rings is 1. The number of aliphatic imine (C=N–C) groups is 1. The first-order chi connectivity index (χ1) is 18.6. The van der Waals surface area contributed by atoms with Gasteiger partial charge in [0.15, 0.2) is 11.0 Å². The van der Waals surface area contributed by atoms with Gasteiger partial charge in [-0.3, -0.25) is 4.90 Å². The maximum Gasteiger partial charge on any atom is 0.449 e. The van der Waals surface area contributed by atoms with Gasteiger partial charge in [0.25, 0.3) is 0 Å². The van der Waals surface area contributed by atoms with Crippen molar-refractivity contribution >= 4 is 40.3 Å². The molecule has 0 radical (unpaired) electrons. The third-order valence-corrected chi connectivity index (χ3v) is 7.81. The van der Waals surface area contributed by atoms with E-state index >= 15 is 0 Å². The highest BCUT2D eigenvalue weighted by Gasteiger charge is 2.34. The summed E-state index contributed by atoms with van der Waals surface area (Å²) in [5, 5.41) is 0.414. The quantitative estimate of drug-likeness (QED) is 0.201. The maximum atomic E-state index is 13.1. The first kappa shape index (κ1) is 27.3. The van der Waals surface area contributed by atoms with E-state index in [1.165, 1.54) is 43.9 Å². The van der Waals surface area contributed by atoms with Crippen molar-refractivity contribution in [3.8, 4) is 0 Å². The largest absolute Gasteiger partial charge is 0.449 e. The summed E-state index contributed by atoms with van der Waals surface area (Å²) in [5.74, 6) is 0.309. The van der Waals surface area contributed by atoms with Crippen LogP contribution in [0.15, 0.2) is 51.1 Å². The molecule has 39 heavy (non-hydrogen) atoms. The summed E-state index contributed by atoms with van der Waals surface area (Å²) in [4.78, 5) is 25.2. The Kier molecular flexibility index (Phi) is 7.98. The van der Waals surface area contributed by atoms with Crippen LogP contribution in [0.2, 0.25) is 0 Å². The van der Waals surface area contributed by atoms with Crippen LogP contribution in [0, 0.1) is 0 Å². The van der Waals surface area contributed by atoms with E-state index in [-0.39, 0.29) is 21.1 Å². The van der Waals surface area contributed by atoms with Crippen molar-refractivity contribution < 1.29 is 17.5 Å². The van der Waals surface area contributed by atoms with Crippen LogP contribution in [0.1, 0.15) is 49.1 Å². The summed E-state index contributed by atoms with van der Waals surface area (Å²) in [6, 6.07) is 7.33. The highest BCUT2D eigenvalue weighted by Crippen LogP contribution is 2.33. The lowest BCUT2D eigenvalue weighted by atomic mass is 9.94. The molecule has 2 fully saturated rings. The van der Waals surface area contributed by atoms with Crippen molar-refractivity contribution in [2.75, 3.05) is 31.1 Å². The lowest BCUT2D eigenvalue weighted by Crippen LogP contribution is -2.51. The lowest BCUT2D eigenvalue weighted by molar-refractivity contribution is -0.144. The topological polar surface area (TPSA) is 125 Å². The number of alkyl halides is 3. The molecule has 5 rings (SSSR count). The summed E-state index contributed by atoms with van der Waals surface area (Å²) < 4.78 is 39.3. The zero-order chi connectivity index (χ0) is 27.6. The fourth-order valence-electron chi connectivity index (χ4n) is 5.12. The number of fused-ring (bicyclic) bond motifs is 1. The van der Waals surface area contributed by atoms with Gasteiger partial charge in [-0.25, -0.2) is 19.9 Å². The molecule has 3 aromatic rings. The molecule has 1 aromatic carbocycles.